The predicted octanol–water partition coefficient (Wildman–Crippen LogP) is 1.82. The maximum absolute atomic E-state index is 12.8. The number of amides is 2. The number of thioether (sulfide) groups is 1. The molecule has 128 valence electrons. The molecular weight excluding hydrogens is 328 g/mol. The van der Waals surface area contributed by atoms with Gasteiger partial charge in [-0.3, -0.25) is 9.59 Å². The molecule has 2 aromatic rings. The van der Waals surface area contributed by atoms with Crippen LogP contribution >= 0.6 is 11.8 Å². The Morgan fingerprint density at radius 2 is 2.29 bits per heavy atom. The highest BCUT2D eigenvalue weighted by atomic mass is 32.2. The number of nitrogens with one attached hydrogen (secondary N) is 1. The number of carbonyl (C=O) groups excluding carboxylic acids is 2. The SMILES string of the molecule is Cc1noc2ncc(C(=O)N3CSCC3C(=O)NCC(C)C)cc12. The van der Waals surface area contributed by atoms with E-state index in [2.05, 4.69) is 15.5 Å². The van der Waals surface area contributed by atoms with Crippen molar-refractivity contribution in [2.75, 3.05) is 18.2 Å². The number of hydrogen-bond donors (Lipinski definition) is 1. The van der Waals surface area contributed by atoms with Gasteiger partial charge in [-0.15, -0.1) is 11.8 Å². The van der Waals surface area contributed by atoms with E-state index >= 15 is 0 Å². The molecule has 0 spiro atoms. The van der Waals surface area contributed by atoms with E-state index in [9.17, 15) is 9.59 Å². The summed E-state index contributed by atoms with van der Waals surface area (Å²) in [6.45, 7) is 6.48. The van der Waals surface area contributed by atoms with Crippen molar-refractivity contribution in [2.24, 2.45) is 5.92 Å². The summed E-state index contributed by atoms with van der Waals surface area (Å²) in [4.78, 5) is 30.9. The lowest BCUT2D eigenvalue weighted by Gasteiger charge is -2.23. The first-order chi connectivity index (χ1) is 11.5. The van der Waals surface area contributed by atoms with Gasteiger partial charge in [0.2, 0.25) is 5.91 Å². The van der Waals surface area contributed by atoms with E-state index in [4.69, 9.17) is 4.52 Å². The minimum absolute atomic E-state index is 0.0998. The monoisotopic (exact) mass is 348 g/mol. The zero-order valence-electron chi connectivity index (χ0n) is 13.9. The minimum atomic E-state index is -0.444. The molecule has 0 radical (unpaired) electrons. The maximum Gasteiger partial charge on any atom is 0.257 e. The van der Waals surface area contributed by atoms with Crippen LogP contribution in [0, 0.1) is 12.8 Å². The van der Waals surface area contributed by atoms with Crippen LogP contribution in [-0.2, 0) is 4.79 Å². The van der Waals surface area contributed by atoms with Crippen molar-refractivity contribution in [2.45, 2.75) is 26.8 Å². The van der Waals surface area contributed by atoms with E-state index in [0.717, 1.165) is 0 Å². The minimum Gasteiger partial charge on any atom is -0.354 e. The third-order valence-corrected chi connectivity index (χ3v) is 4.90. The third-order valence-electron chi connectivity index (χ3n) is 3.89. The van der Waals surface area contributed by atoms with Gasteiger partial charge in [-0.2, -0.15) is 0 Å². The van der Waals surface area contributed by atoms with E-state index in [-0.39, 0.29) is 11.8 Å². The van der Waals surface area contributed by atoms with Crippen molar-refractivity contribution in [1.82, 2.24) is 20.4 Å². The van der Waals surface area contributed by atoms with Crippen molar-refractivity contribution < 1.29 is 14.1 Å². The Morgan fingerprint density at radius 3 is 3.04 bits per heavy atom. The van der Waals surface area contributed by atoms with Gasteiger partial charge < -0.3 is 14.7 Å². The zero-order chi connectivity index (χ0) is 17.3. The first-order valence-electron chi connectivity index (χ1n) is 7.86. The predicted molar refractivity (Wildman–Crippen MR) is 91.7 cm³/mol. The quantitative estimate of drug-likeness (QED) is 0.907. The maximum atomic E-state index is 12.8. The lowest BCUT2D eigenvalue weighted by atomic mass is 10.1. The van der Waals surface area contributed by atoms with Crippen LogP contribution in [0.1, 0.15) is 29.9 Å². The summed E-state index contributed by atoms with van der Waals surface area (Å²) in [6.07, 6.45) is 1.47. The van der Waals surface area contributed by atoms with E-state index in [1.54, 1.807) is 29.7 Å². The van der Waals surface area contributed by atoms with Gasteiger partial charge in [0.25, 0.3) is 11.6 Å². The van der Waals surface area contributed by atoms with Crippen LogP contribution in [0.5, 0.6) is 0 Å². The molecule has 1 atom stereocenters. The lowest BCUT2D eigenvalue weighted by molar-refractivity contribution is -0.124. The highest BCUT2D eigenvalue weighted by Crippen LogP contribution is 2.25. The van der Waals surface area contributed by atoms with Crippen LogP contribution in [0.4, 0.5) is 0 Å². The number of pyridine rings is 1. The Bertz CT molecular complexity index is 774. The number of aromatic nitrogens is 2. The number of nitrogens with zero attached hydrogens (tertiary/aromatic N) is 3. The molecule has 1 aliphatic rings. The van der Waals surface area contributed by atoms with Gasteiger partial charge in [-0.05, 0) is 18.9 Å². The normalized spacial score (nSPS) is 17.7. The molecule has 2 amide bonds. The largest absolute Gasteiger partial charge is 0.354 e. The van der Waals surface area contributed by atoms with Crippen molar-refractivity contribution in [3.05, 3.63) is 23.5 Å². The average molecular weight is 348 g/mol. The molecule has 1 fully saturated rings. The van der Waals surface area contributed by atoms with Crippen LogP contribution in [0.15, 0.2) is 16.8 Å². The van der Waals surface area contributed by atoms with Crippen LogP contribution in [0.25, 0.3) is 11.1 Å². The number of rotatable bonds is 4. The molecular formula is C16H20N4O3S. The topological polar surface area (TPSA) is 88.3 Å². The standard InChI is InChI=1S/C16H20N4O3S/c1-9(2)5-17-14(21)13-7-24-8-20(13)16(22)11-4-12-10(3)19-23-15(12)18-6-11/h4,6,9,13H,5,7-8H2,1-3H3,(H,17,21). The number of aryl methyl sites for hydroxylation is 1. The Labute approximate surface area is 144 Å². The smallest absolute Gasteiger partial charge is 0.257 e. The number of hydrogen-bond acceptors (Lipinski definition) is 6. The van der Waals surface area contributed by atoms with Crippen molar-refractivity contribution in [3.63, 3.8) is 0 Å². The fourth-order valence-electron chi connectivity index (χ4n) is 2.51. The van der Waals surface area contributed by atoms with Crippen LogP contribution in [0.2, 0.25) is 0 Å². The average Bonchev–Trinajstić information content (AvgIpc) is 3.19. The summed E-state index contributed by atoms with van der Waals surface area (Å²) < 4.78 is 5.07. The second-order valence-corrected chi connectivity index (χ2v) is 7.27. The third kappa shape index (κ3) is 3.24. The molecule has 3 heterocycles. The summed E-state index contributed by atoms with van der Waals surface area (Å²) in [7, 11) is 0. The Hall–Kier alpha value is -2.09. The lowest BCUT2D eigenvalue weighted by Crippen LogP contribution is -2.48. The fourth-order valence-corrected chi connectivity index (χ4v) is 3.66. The molecule has 0 saturated carbocycles. The zero-order valence-corrected chi connectivity index (χ0v) is 14.7. The molecule has 7 nitrogen and oxygen atoms in total. The Kier molecular flexibility index (Phi) is 4.75. The first kappa shape index (κ1) is 16.8. The fraction of sp³-hybridized carbons (Fsp3) is 0.500. The van der Waals surface area contributed by atoms with Crippen molar-refractivity contribution >= 4 is 34.7 Å². The molecule has 2 aromatic heterocycles. The summed E-state index contributed by atoms with van der Waals surface area (Å²) in [5, 5.41) is 7.47. The van der Waals surface area contributed by atoms with Crippen molar-refractivity contribution in [1.29, 1.82) is 0 Å². The molecule has 0 aromatic carbocycles. The summed E-state index contributed by atoms with van der Waals surface area (Å²) in [6, 6.07) is 1.28. The van der Waals surface area contributed by atoms with E-state index in [0.29, 0.717) is 46.4 Å². The summed E-state index contributed by atoms with van der Waals surface area (Å²) in [5.74, 6) is 1.18. The second-order valence-electron chi connectivity index (χ2n) is 6.27. The molecule has 24 heavy (non-hydrogen) atoms. The molecule has 1 saturated heterocycles. The van der Waals surface area contributed by atoms with Gasteiger partial charge in [0.1, 0.15) is 6.04 Å². The number of fused-ring (bicyclic) bond motifs is 1. The molecule has 1 N–H and O–H groups in total. The van der Waals surface area contributed by atoms with Gasteiger partial charge in [0.05, 0.1) is 22.5 Å². The summed E-state index contributed by atoms with van der Waals surface area (Å²) in [5.41, 5.74) is 1.54. The molecule has 1 unspecified atom stereocenters. The Balaban J connectivity index is 1.79. The Morgan fingerprint density at radius 1 is 1.50 bits per heavy atom. The van der Waals surface area contributed by atoms with Gasteiger partial charge in [-0.25, -0.2) is 4.98 Å². The highest BCUT2D eigenvalue weighted by molar-refractivity contribution is 7.99. The van der Waals surface area contributed by atoms with E-state index in [1.165, 1.54) is 6.20 Å². The highest BCUT2D eigenvalue weighted by Gasteiger charge is 2.35. The molecule has 0 bridgehead atoms. The second kappa shape index (κ2) is 6.80. The van der Waals surface area contributed by atoms with E-state index in [1.807, 2.05) is 13.8 Å². The van der Waals surface area contributed by atoms with Crippen LogP contribution in [0.3, 0.4) is 0 Å². The first-order valence-corrected chi connectivity index (χ1v) is 9.01. The van der Waals surface area contributed by atoms with Gasteiger partial charge in [0, 0.05) is 18.5 Å². The van der Waals surface area contributed by atoms with Crippen LogP contribution < -0.4 is 5.32 Å². The molecule has 1 aliphatic heterocycles. The molecule has 3 rings (SSSR count). The number of carbonyl (C=O) groups is 2. The van der Waals surface area contributed by atoms with Gasteiger partial charge in [0.15, 0.2) is 0 Å². The molecule has 8 heteroatoms. The summed E-state index contributed by atoms with van der Waals surface area (Å²) >= 11 is 1.58. The van der Waals surface area contributed by atoms with Crippen molar-refractivity contribution in [3.8, 4) is 0 Å². The molecule has 0 aliphatic carbocycles. The van der Waals surface area contributed by atoms with Gasteiger partial charge in [-0.1, -0.05) is 19.0 Å². The van der Waals surface area contributed by atoms with E-state index < -0.39 is 6.04 Å². The van der Waals surface area contributed by atoms with Crippen LogP contribution in [-0.4, -0.2) is 51.1 Å². The van der Waals surface area contributed by atoms with Gasteiger partial charge >= 0.3 is 0 Å².